The molecule has 1 aromatic carbocycles. The normalized spacial score (nSPS) is 10.7. The Kier molecular flexibility index (Phi) is 3.78. The second-order valence-corrected chi connectivity index (χ2v) is 3.89. The molecule has 0 aliphatic heterocycles. The number of phenols is 1. The fourth-order valence-electron chi connectivity index (χ4n) is 1.52. The number of nitrogens with zero attached hydrogens (tertiary/aromatic N) is 2. The van der Waals surface area contributed by atoms with Crippen LogP contribution in [0.3, 0.4) is 0 Å². The van der Waals surface area contributed by atoms with Gasteiger partial charge in [0.05, 0.1) is 5.69 Å². The Labute approximate surface area is 104 Å². The number of nitrogen functional groups attached to an aromatic ring is 1. The zero-order valence-electron chi connectivity index (χ0n) is 10.1. The van der Waals surface area contributed by atoms with Crippen molar-refractivity contribution in [3.8, 4) is 17.2 Å². The van der Waals surface area contributed by atoms with Crippen LogP contribution in [0.5, 0.6) is 5.75 Å². The summed E-state index contributed by atoms with van der Waals surface area (Å²) in [5.74, 6) is 1.00. The summed E-state index contributed by atoms with van der Waals surface area (Å²) in [7, 11) is 1.65. The van der Waals surface area contributed by atoms with Gasteiger partial charge in [-0.15, -0.1) is 0 Å². The van der Waals surface area contributed by atoms with Gasteiger partial charge in [-0.1, -0.05) is 5.16 Å². The Morgan fingerprint density at radius 2 is 2.28 bits per heavy atom. The maximum Gasteiger partial charge on any atom is 0.258 e. The van der Waals surface area contributed by atoms with Crippen LogP contribution in [-0.2, 0) is 11.2 Å². The Balaban J connectivity index is 2.11. The summed E-state index contributed by atoms with van der Waals surface area (Å²) >= 11 is 0. The fourth-order valence-corrected chi connectivity index (χ4v) is 1.52. The highest BCUT2D eigenvalue weighted by Gasteiger charge is 2.10. The van der Waals surface area contributed by atoms with Crippen LogP contribution >= 0.6 is 0 Å². The molecular formula is C12H15N3O3. The molecule has 0 unspecified atom stereocenters. The molecule has 0 bridgehead atoms. The number of ether oxygens (including phenoxy) is 1. The molecule has 96 valence electrons. The quantitative estimate of drug-likeness (QED) is 0.475. The van der Waals surface area contributed by atoms with E-state index in [0.717, 1.165) is 6.42 Å². The Hall–Kier alpha value is -2.08. The second kappa shape index (κ2) is 5.50. The average Bonchev–Trinajstić information content (AvgIpc) is 2.82. The number of nitrogens with two attached hydrogens (primary N) is 1. The van der Waals surface area contributed by atoms with Gasteiger partial charge in [0.25, 0.3) is 5.89 Å². The molecule has 0 spiro atoms. The van der Waals surface area contributed by atoms with Crippen molar-refractivity contribution < 1.29 is 14.4 Å². The van der Waals surface area contributed by atoms with Crippen LogP contribution in [0.4, 0.5) is 5.69 Å². The molecule has 3 N–H and O–H groups in total. The highest BCUT2D eigenvalue weighted by atomic mass is 16.5. The zero-order valence-corrected chi connectivity index (χ0v) is 10.1. The number of anilines is 1. The summed E-state index contributed by atoms with van der Waals surface area (Å²) in [6, 6.07) is 4.82. The second-order valence-electron chi connectivity index (χ2n) is 3.89. The number of aromatic hydroxyl groups is 1. The number of methoxy groups -OCH3 is 1. The highest BCUT2D eigenvalue weighted by molar-refractivity contribution is 5.63. The lowest BCUT2D eigenvalue weighted by Crippen LogP contribution is -1.94. The molecule has 2 aromatic rings. The maximum absolute atomic E-state index is 9.51. The van der Waals surface area contributed by atoms with E-state index in [1.165, 1.54) is 6.07 Å². The largest absolute Gasteiger partial charge is 0.506 e. The number of aromatic nitrogens is 2. The van der Waals surface area contributed by atoms with Crippen molar-refractivity contribution in [3.05, 3.63) is 24.0 Å². The monoisotopic (exact) mass is 249 g/mol. The van der Waals surface area contributed by atoms with E-state index >= 15 is 0 Å². The summed E-state index contributed by atoms with van der Waals surface area (Å²) in [6.45, 7) is 0.659. The first-order valence-corrected chi connectivity index (χ1v) is 5.61. The van der Waals surface area contributed by atoms with Gasteiger partial charge in [-0.25, -0.2) is 0 Å². The van der Waals surface area contributed by atoms with Crippen molar-refractivity contribution in [2.75, 3.05) is 19.5 Å². The van der Waals surface area contributed by atoms with Gasteiger partial charge >= 0.3 is 0 Å². The molecule has 0 saturated carbocycles. The van der Waals surface area contributed by atoms with Crippen LogP contribution < -0.4 is 5.73 Å². The predicted molar refractivity (Wildman–Crippen MR) is 66.0 cm³/mol. The fraction of sp³-hybridized carbons (Fsp3) is 0.333. The van der Waals surface area contributed by atoms with Crippen molar-refractivity contribution in [1.29, 1.82) is 0 Å². The van der Waals surface area contributed by atoms with E-state index in [4.69, 9.17) is 15.0 Å². The molecule has 2 rings (SSSR count). The van der Waals surface area contributed by atoms with Crippen molar-refractivity contribution in [3.63, 3.8) is 0 Å². The highest BCUT2D eigenvalue weighted by Crippen LogP contribution is 2.26. The van der Waals surface area contributed by atoms with E-state index in [9.17, 15) is 5.11 Å². The smallest absolute Gasteiger partial charge is 0.258 e. The first kappa shape index (κ1) is 12.4. The van der Waals surface area contributed by atoms with Gasteiger partial charge in [-0.3, -0.25) is 0 Å². The van der Waals surface area contributed by atoms with E-state index in [-0.39, 0.29) is 5.75 Å². The summed E-state index contributed by atoms with van der Waals surface area (Å²) in [6.07, 6.45) is 1.53. The first-order valence-electron chi connectivity index (χ1n) is 5.61. The topological polar surface area (TPSA) is 94.4 Å². The van der Waals surface area contributed by atoms with Crippen LogP contribution in [0.2, 0.25) is 0 Å². The predicted octanol–water partition coefficient (Wildman–Crippen LogP) is 1.60. The first-order chi connectivity index (χ1) is 8.70. The Morgan fingerprint density at radius 1 is 1.44 bits per heavy atom. The minimum Gasteiger partial charge on any atom is -0.506 e. The number of benzene rings is 1. The molecule has 1 heterocycles. The number of hydrogen-bond acceptors (Lipinski definition) is 6. The van der Waals surface area contributed by atoms with Crippen molar-refractivity contribution in [2.45, 2.75) is 12.8 Å². The molecule has 6 nitrogen and oxygen atoms in total. The minimum absolute atomic E-state index is 0.00614. The van der Waals surface area contributed by atoms with Gasteiger partial charge in [-0.05, 0) is 24.6 Å². The Bertz CT molecular complexity index is 525. The molecule has 0 aliphatic carbocycles. The zero-order chi connectivity index (χ0) is 13.0. The Morgan fingerprint density at radius 3 is 3.00 bits per heavy atom. The summed E-state index contributed by atoms with van der Waals surface area (Å²) in [5.41, 5.74) is 6.49. The molecule has 6 heteroatoms. The standard InChI is InChI=1S/C12H15N3O3/c1-17-6-2-3-11-14-12(18-15-11)8-4-5-9(13)10(16)7-8/h4-5,7,16H,2-3,6,13H2,1H3. The molecule has 0 amide bonds. The average molecular weight is 249 g/mol. The molecule has 1 aromatic heterocycles. The van der Waals surface area contributed by atoms with Crippen molar-refractivity contribution >= 4 is 5.69 Å². The van der Waals surface area contributed by atoms with E-state index in [1.807, 2.05) is 0 Å². The van der Waals surface area contributed by atoms with Crippen LogP contribution in [0.1, 0.15) is 12.2 Å². The van der Waals surface area contributed by atoms with E-state index in [2.05, 4.69) is 10.1 Å². The van der Waals surface area contributed by atoms with Crippen molar-refractivity contribution in [2.24, 2.45) is 0 Å². The summed E-state index contributed by atoms with van der Waals surface area (Å²) < 4.78 is 10.1. The van der Waals surface area contributed by atoms with Crippen molar-refractivity contribution in [1.82, 2.24) is 10.1 Å². The molecule has 0 saturated heterocycles. The van der Waals surface area contributed by atoms with Crippen LogP contribution in [0, 0.1) is 0 Å². The summed E-state index contributed by atoms with van der Waals surface area (Å²) in [4.78, 5) is 4.24. The lowest BCUT2D eigenvalue weighted by molar-refractivity contribution is 0.194. The lowest BCUT2D eigenvalue weighted by atomic mass is 10.2. The van der Waals surface area contributed by atoms with Crippen LogP contribution in [0.15, 0.2) is 22.7 Å². The molecule has 0 atom stereocenters. The van der Waals surface area contributed by atoms with E-state index in [0.29, 0.717) is 36.0 Å². The maximum atomic E-state index is 9.51. The molecule has 18 heavy (non-hydrogen) atoms. The number of aryl methyl sites for hydroxylation is 1. The van der Waals surface area contributed by atoms with Gasteiger partial charge in [0.15, 0.2) is 5.82 Å². The van der Waals surface area contributed by atoms with E-state index in [1.54, 1.807) is 19.2 Å². The van der Waals surface area contributed by atoms with Crippen LogP contribution in [0.25, 0.3) is 11.5 Å². The molecule has 0 radical (unpaired) electrons. The van der Waals surface area contributed by atoms with Crippen LogP contribution in [-0.4, -0.2) is 29.0 Å². The molecule has 0 aliphatic rings. The lowest BCUT2D eigenvalue weighted by Gasteiger charge is -1.99. The third kappa shape index (κ3) is 2.78. The summed E-state index contributed by atoms with van der Waals surface area (Å²) in [5, 5.41) is 13.4. The molecule has 0 fully saturated rings. The van der Waals surface area contributed by atoms with Gasteiger partial charge in [0.1, 0.15) is 5.75 Å². The van der Waals surface area contributed by atoms with Gasteiger partial charge in [0.2, 0.25) is 0 Å². The van der Waals surface area contributed by atoms with Gasteiger partial charge < -0.3 is 20.1 Å². The minimum atomic E-state index is 0.00614. The number of hydrogen-bond donors (Lipinski definition) is 2. The SMILES string of the molecule is COCCCc1noc(-c2ccc(N)c(O)c2)n1. The van der Waals surface area contributed by atoms with Gasteiger partial charge in [-0.2, -0.15) is 4.98 Å². The van der Waals surface area contributed by atoms with Gasteiger partial charge in [0, 0.05) is 25.7 Å². The number of rotatable bonds is 5. The van der Waals surface area contributed by atoms with E-state index < -0.39 is 0 Å². The number of phenolic OH excluding ortho intramolecular Hbond substituents is 1. The third-order valence-corrected chi connectivity index (χ3v) is 2.49. The third-order valence-electron chi connectivity index (χ3n) is 2.49. The molecular weight excluding hydrogens is 234 g/mol.